The van der Waals surface area contributed by atoms with E-state index in [1.54, 1.807) is 0 Å². The Labute approximate surface area is 200 Å². The smallest absolute Gasteiger partial charge is 0.322 e. The number of aryl methyl sites for hydroxylation is 2. The van der Waals surface area contributed by atoms with Crippen molar-refractivity contribution in [1.29, 1.82) is 0 Å². The number of hydrogen-bond donors (Lipinski definition) is 1. The maximum absolute atomic E-state index is 13.1. The minimum atomic E-state index is -0.0898. The van der Waals surface area contributed by atoms with Gasteiger partial charge in [0.25, 0.3) is 0 Å². The van der Waals surface area contributed by atoms with Crippen LogP contribution in [-0.2, 0) is 24.1 Å². The van der Waals surface area contributed by atoms with E-state index in [1.165, 1.54) is 11.1 Å². The fourth-order valence-corrected chi connectivity index (χ4v) is 4.67. The van der Waals surface area contributed by atoms with Crippen molar-refractivity contribution in [3.8, 4) is 0 Å². The Bertz CT molecular complexity index is 1190. The Morgan fingerprint density at radius 3 is 2.53 bits per heavy atom. The Hall–Kier alpha value is -3.45. The molecule has 34 heavy (non-hydrogen) atoms. The van der Waals surface area contributed by atoms with Gasteiger partial charge in [-0.2, -0.15) is 0 Å². The van der Waals surface area contributed by atoms with Crippen LogP contribution in [0.4, 0.5) is 16.3 Å². The van der Waals surface area contributed by atoms with Crippen LogP contribution < -0.4 is 10.2 Å². The first kappa shape index (κ1) is 22.3. The lowest BCUT2D eigenvalue weighted by molar-refractivity contribution is 0.122. The van der Waals surface area contributed by atoms with Crippen molar-refractivity contribution in [2.75, 3.05) is 43.1 Å². The number of amides is 2. The molecule has 0 radical (unpaired) electrons. The number of hydrogen-bond acceptors (Lipinski definition) is 5. The van der Waals surface area contributed by atoms with E-state index in [0.717, 1.165) is 53.7 Å². The number of carbonyl (C=O) groups excluding carboxylic acids is 1. The predicted molar refractivity (Wildman–Crippen MR) is 133 cm³/mol. The van der Waals surface area contributed by atoms with Gasteiger partial charge in [0.2, 0.25) is 0 Å². The number of benzene rings is 2. The highest BCUT2D eigenvalue weighted by molar-refractivity contribution is 5.89. The van der Waals surface area contributed by atoms with Crippen molar-refractivity contribution in [3.63, 3.8) is 0 Å². The van der Waals surface area contributed by atoms with E-state index in [-0.39, 0.29) is 6.03 Å². The SMILES string of the molecule is Cc1cccc(Cc2nc3c(c(N4CCOCC4)n2)CN(C(=O)Nc2cccc(C)c2)CC3)c1. The maximum Gasteiger partial charge on any atom is 0.322 e. The summed E-state index contributed by atoms with van der Waals surface area (Å²) in [5.74, 6) is 1.78. The third kappa shape index (κ3) is 5.04. The van der Waals surface area contributed by atoms with Crippen molar-refractivity contribution in [2.45, 2.75) is 33.2 Å². The van der Waals surface area contributed by atoms with E-state index in [1.807, 2.05) is 36.1 Å². The third-order valence-electron chi connectivity index (χ3n) is 6.40. The summed E-state index contributed by atoms with van der Waals surface area (Å²) in [6.45, 7) is 8.22. The Kier molecular flexibility index (Phi) is 6.45. The fraction of sp³-hybridized carbons (Fsp3) is 0.370. The van der Waals surface area contributed by atoms with Crippen LogP contribution in [0.3, 0.4) is 0 Å². The Morgan fingerprint density at radius 2 is 1.76 bits per heavy atom. The lowest BCUT2D eigenvalue weighted by atomic mass is 10.0. The summed E-state index contributed by atoms with van der Waals surface area (Å²) in [6, 6.07) is 16.3. The molecule has 0 spiro atoms. The van der Waals surface area contributed by atoms with Gasteiger partial charge in [0.05, 0.1) is 25.5 Å². The Morgan fingerprint density at radius 1 is 1.00 bits per heavy atom. The van der Waals surface area contributed by atoms with Crippen molar-refractivity contribution in [2.24, 2.45) is 0 Å². The van der Waals surface area contributed by atoms with E-state index in [9.17, 15) is 4.79 Å². The van der Waals surface area contributed by atoms with Gasteiger partial charge in [-0.1, -0.05) is 42.0 Å². The van der Waals surface area contributed by atoms with Gasteiger partial charge in [-0.05, 0) is 37.1 Å². The third-order valence-corrected chi connectivity index (χ3v) is 6.40. The molecule has 3 heterocycles. The van der Waals surface area contributed by atoms with Crippen LogP contribution in [0.25, 0.3) is 0 Å². The van der Waals surface area contributed by atoms with Crippen molar-refractivity contribution in [1.82, 2.24) is 14.9 Å². The zero-order valence-electron chi connectivity index (χ0n) is 19.9. The molecule has 5 rings (SSSR count). The molecule has 0 atom stereocenters. The van der Waals surface area contributed by atoms with E-state index in [0.29, 0.717) is 32.7 Å². The number of rotatable bonds is 4. The van der Waals surface area contributed by atoms with Crippen LogP contribution in [0.15, 0.2) is 48.5 Å². The van der Waals surface area contributed by atoms with Crippen molar-refractivity contribution < 1.29 is 9.53 Å². The second-order valence-corrected chi connectivity index (χ2v) is 9.13. The largest absolute Gasteiger partial charge is 0.378 e. The molecule has 1 aromatic heterocycles. The van der Waals surface area contributed by atoms with Crippen molar-refractivity contribution in [3.05, 3.63) is 82.3 Å². The van der Waals surface area contributed by atoms with Gasteiger partial charge in [0, 0.05) is 43.7 Å². The number of ether oxygens (including phenoxy) is 1. The topological polar surface area (TPSA) is 70.6 Å². The van der Waals surface area contributed by atoms with Crippen LogP contribution in [0, 0.1) is 13.8 Å². The minimum Gasteiger partial charge on any atom is -0.378 e. The minimum absolute atomic E-state index is 0.0898. The molecule has 0 saturated carbocycles. The summed E-state index contributed by atoms with van der Waals surface area (Å²) < 4.78 is 5.58. The standard InChI is InChI=1S/C27H31N5O2/c1-19-5-3-7-21(15-19)17-25-29-24-9-10-32(27(33)28-22-8-4-6-20(2)16-22)18-23(24)26(30-25)31-11-13-34-14-12-31/h3-8,15-16H,9-14,17-18H2,1-2H3,(H,28,33). The summed E-state index contributed by atoms with van der Waals surface area (Å²) in [7, 11) is 0. The highest BCUT2D eigenvalue weighted by Crippen LogP contribution is 2.28. The zero-order valence-corrected chi connectivity index (χ0v) is 19.9. The molecule has 7 nitrogen and oxygen atoms in total. The van der Waals surface area contributed by atoms with Crippen LogP contribution in [0.2, 0.25) is 0 Å². The zero-order chi connectivity index (χ0) is 23.5. The lowest BCUT2D eigenvalue weighted by Crippen LogP contribution is -2.42. The number of anilines is 2. The molecule has 2 aliphatic rings. The average Bonchev–Trinajstić information content (AvgIpc) is 2.84. The summed E-state index contributed by atoms with van der Waals surface area (Å²) in [4.78, 5) is 27.2. The van der Waals surface area contributed by atoms with E-state index in [4.69, 9.17) is 14.7 Å². The van der Waals surface area contributed by atoms with Gasteiger partial charge in [-0.25, -0.2) is 14.8 Å². The monoisotopic (exact) mass is 457 g/mol. The molecule has 2 aliphatic heterocycles. The number of fused-ring (bicyclic) bond motifs is 1. The molecular formula is C27H31N5O2. The van der Waals surface area contributed by atoms with Gasteiger partial charge in [-0.15, -0.1) is 0 Å². The van der Waals surface area contributed by atoms with Gasteiger partial charge >= 0.3 is 6.03 Å². The number of nitrogens with zero attached hydrogens (tertiary/aromatic N) is 4. The molecule has 3 aromatic rings. The molecule has 0 aliphatic carbocycles. The molecule has 0 unspecified atom stereocenters. The van der Waals surface area contributed by atoms with Crippen LogP contribution in [0.5, 0.6) is 0 Å². The molecule has 2 aromatic carbocycles. The van der Waals surface area contributed by atoms with Crippen LogP contribution in [0.1, 0.15) is 33.8 Å². The average molecular weight is 458 g/mol. The first-order chi connectivity index (χ1) is 16.5. The van der Waals surface area contributed by atoms with Gasteiger partial charge in [0.1, 0.15) is 11.6 Å². The molecule has 2 amide bonds. The predicted octanol–water partition coefficient (Wildman–Crippen LogP) is 4.11. The van der Waals surface area contributed by atoms with Gasteiger partial charge < -0.3 is 19.9 Å². The van der Waals surface area contributed by atoms with Crippen LogP contribution in [-0.4, -0.2) is 53.7 Å². The van der Waals surface area contributed by atoms with E-state index in [2.05, 4.69) is 41.4 Å². The summed E-state index contributed by atoms with van der Waals surface area (Å²) in [5.41, 5.74) is 6.49. The number of nitrogens with one attached hydrogen (secondary N) is 1. The summed E-state index contributed by atoms with van der Waals surface area (Å²) >= 11 is 0. The molecule has 0 bridgehead atoms. The highest BCUT2D eigenvalue weighted by Gasteiger charge is 2.28. The number of aromatic nitrogens is 2. The Balaban J connectivity index is 1.42. The quantitative estimate of drug-likeness (QED) is 0.639. The van der Waals surface area contributed by atoms with E-state index < -0.39 is 0 Å². The second-order valence-electron chi connectivity index (χ2n) is 9.13. The van der Waals surface area contributed by atoms with Crippen molar-refractivity contribution >= 4 is 17.5 Å². The molecule has 1 N–H and O–H groups in total. The highest BCUT2D eigenvalue weighted by atomic mass is 16.5. The van der Waals surface area contributed by atoms with Gasteiger partial charge in [-0.3, -0.25) is 0 Å². The molecule has 7 heteroatoms. The number of morpholine rings is 1. The summed E-state index contributed by atoms with van der Waals surface area (Å²) in [5, 5.41) is 3.04. The maximum atomic E-state index is 13.1. The number of carbonyl (C=O) groups is 1. The van der Waals surface area contributed by atoms with E-state index >= 15 is 0 Å². The van der Waals surface area contributed by atoms with Gasteiger partial charge in [0.15, 0.2) is 0 Å². The van der Waals surface area contributed by atoms with Crippen LogP contribution >= 0.6 is 0 Å². The normalized spacial score (nSPS) is 15.7. The summed E-state index contributed by atoms with van der Waals surface area (Å²) in [6.07, 6.45) is 1.42. The first-order valence-electron chi connectivity index (χ1n) is 11.9. The lowest BCUT2D eigenvalue weighted by Gasteiger charge is -2.34. The second kappa shape index (κ2) is 9.81. The first-order valence-corrected chi connectivity index (χ1v) is 11.9. The molecular weight excluding hydrogens is 426 g/mol. The fourth-order valence-electron chi connectivity index (χ4n) is 4.67. The molecule has 1 saturated heterocycles. The molecule has 176 valence electrons. The molecule has 1 fully saturated rings. The number of urea groups is 1.